The molecule has 9 heteroatoms. The summed E-state index contributed by atoms with van der Waals surface area (Å²) in [4.78, 5) is 31.5. The lowest BCUT2D eigenvalue weighted by Gasteiger charge is -2.20. The minimum atomic E-state index is -0.471. The molecule has 1 aromatic heterocycles. The smallest absolute Gasteiger partial charge is 0.283 e. The van der Waals surface area contributed by atoms with Crippen LogP contribution in [0.1, 0.15) is 36.2 Å². The lowest BCUT2D eigenvalue weighted by molar-refractivity contribution is -0.128. The van der Waals surface area contributed by atoms with E-state index < -0.39 is 5.91 Å². The Kier molecular flexibility index (Phi) is 5.79. The van der Waals surface area contributed by atoms with Crippen LogP contribution in [-0.2, 0) is 9.59 Å². The summed E-state index contributed by atoms with van der Waals surface area (Å²) >= 11 is 1.19. The molecule has 3 aliphatic rings. The van der Waals surface area contributed by atoms with Crippen LogP contribution in [0, 0.1) is 19.3 Å². The third-order valence-electron chi connectivity index (χ3n) is 7.02. The average Bonchev–Trinajstić information content (AvgIpc) is 3.61. The Hall–Kier alpha value is -3.98. The van der Waals surface area contributed by atoms with Gasteiger partial charge >= 0.3 is 0 Å². The van der Waals surface area contributed by atoms with E-state index in [1.54, 1.807) is 6.08 Å². The molecule has 3 aromatic rings. The molecular formula is C28H26N6O2S. The molecule has 8 nitrogen and oxygen atoms in total. The highest BCUT2D eigenvalue weighted by Crippen LogP contribution is 2.31. The fraction of sp³-hybridized carbons (Fsp3) is 0.250. The molecule has 2 amide bonds. The van der Waals surface area contributed by atoms with E-state index in [-0.39, 0.29) is 23.7 Å². The summed E-state index contributed by atoms with van der Waals surface area (Å²) in [5.41, 5.74) is 4.05. The summed E-state index contributed by atoms with van der Waals surface area (Å²) < 4.78 is 2.15. The molecule has 1 N–H and O–H groups in total. The van der Waals surface area contributed by atoms with Crippen molar-refractivity contribution in [3.05, 3.63) is 71.1 Å². The van der Waals surface area contributed by atoms with Crippen molar-refractivity contribution in [1.29, 1.82) is 5.41 Å². The summed E-state index contributed by atoms with van der Waals surface area (Å²) in [5.74, 6) is -0.470. The molecule has 4 heterocycles. The fourth-order valence-corrected chi connectivity index (χ4v) is 5.99. The molecule has 0 aliphatic carbocycles. The first kappa shape index (κ1) is 23.4. The van der Waals surface area contributed by atoms with Gasteiger partial charge in [0, 0.05) is 30.2 Å². The van der Waals surface area contributed by atoms with E-state index in [0.717, 1.165) is 54.0 Å². The van der Waals surface area contributed by atoms with Crippen LogP contribution >= 0.6 is 11.8 Å². The second-order valence-corrected chi connectivity index (χ2v) is 10.5. The van der Waals surface area contributed by atoms with Gasteiger partial charge in [0.2, 0.25) is 11.1 Å². The van der Waals surface area contributed by atoms with Gasteiger partial charge in [-0.2, -0.15) is 15.1 Å². The Morgan fingerprint density at radius 2 is 1.84 bits per heavy atom. The van der Waals surface area contributed by atoms with Crippen molar-refractivity contribution in [2.45, 2.75) is 33.1 Å². The normalized spacial score (nSPS) is 18.6. The topological polar surface area (TPSA) is 94.1 Å². The standard InChI is InChI=1S/C28H26N6O2S/c1-17-13-21(18(2)33(17)22-10-9-19-7-3-4-8-20(19)14-22)15-23-26(29)34-28(30-27(23)36)37-24(31-34)16-25(35)32-11-5-6-12-32/h3-4,7-10,13-15,29H,5-6,11-12,16H2,1-2H3. The minimum Gasteiger partial charge on any atom is -0.342 e. The summed E-state index contributed by atoms with van der Waals surface area (Å²) in [7, 11) is 0. The number of thioether (sulfide) groups is 1. The molecule has 186 valence electrons. The number of likely N-dealkylation sites (tertiary alicyclic amines) is 1. The highest BCUT2D eigenvalue weighted by Gasteiger charge is 2.36. The molecule has 0 radical (unpaired) electrons. The minimum absolute atomic E-state index is 0.0263. The number of aliphatic imine (C=N–C) groups is 1. The van der Waals surface area contributed by atoms with E-state index in [4.69, 9.17) is 5.41 Å². The van der Waals surface area contributed by atoms with Crippen LogP contribution in [0.2, 0.25) is 0 Å². The van der Waals surface area contributed by atoms with Crippen LogP contribution in [0.4, 0.5) is 0 Å². The molecule has 6 rings (SSSR count). The second-order valence-electron chi connectivity index (χ2n) is 9.47. The van der Waals surface area contributed by atoms with E-state index in [1.807, 2.05) is 36.9 Å². The van der Waals surface area contributed by atoms with Gasteiger partial charge in [-0.1, -0.05) is 30.3 Å². The van der Waals surface area contributed by atoms with E-state index in [0.29, 0.717) is 10.2 Å². The zero-order valence-electron chi connectivity index (χ0n) is 20.7. The second kappa shape index (κ2) is 9.15. The zero-order valence-corrected chi connectivity index (χ0v) is 21.5. The number of hydrogen-bond acceptors (Lipinski definition) is 5. The zero-order chi connectivity index (χ0) is 25.7. The first-order valence-corrected chi connectivity index (χ1v) is 13.2. The number of fused-ring (bicyclic) bond motifs is 2. The van der Waals surface area contributed by atoms with Crippen LogP contribution in [0.15, 0.2) is 64.2 Å². The number of carbonyl (C=O) groups is 2. The molecule has 0 atom stereocenters. The number of benzene rings is 2. The van der Waals surface area contributed by atoms with Crippen molar-refractivity contribution in [1.82, 2.24) is 14.5 Å². The fourth-order valence-electron chi connectivity index (χ4n) is 5.11. The van der Waals surface area contributed by atoms with Crippen LogP contribution in [-0.4, -0.2) is 55.4 Å². The van der Waals surface area contributed by atoms with Gasteiger partial charge in [-0.3, -0.25) is 15.0 Å². The maximum Gasteiger partial charge on any atom is 0.283 e. The van der Waals surface area contributed by atoms with Gasteiger partial charge < -0.3 is 9.47 Å². The van der Waals surface area contributed by atoms with Crippen molar-refractivity contribution >= 4 is 56.5 Å². The number of hydrogen-bond donors (Lipinski definition) is 1. The predicted octanol–water partition coefficient (Wildman–Crippen LogP) is 4.88. The van der Waals surface area contributed by atoms with Crippen LogP contribution < -0.4 is 0 Å². The lowest BCUT2D eigenvalue weighted by atomic mass is 10.1. The van der Waals surface area contributed by atoms with E-state index in [9.17, 15) is 9.59 Å². The molecule has 1 fully saturated rings. The third kappa shape index (κ3) is 4.19. The predicted molar refractivity (Wildman–Crippen MR) is 148 cm³/mol. The summed E-state index contributed by atoms with van der Waals surface area (Å²) in [6.07, 6.45) is 3.93. The largest absolute Gasteiger partial charge is 0.342 e. The number of aromatic nitrogens is 1. The quantitative estimate of drug-likeness (QED) is 0.506. The first-order chi connectivity index (χ1) is 17.9. The number of carbonyl (C=O) groups excluding carboxylic acids is 2. The average molecular weight is 511 g/mol. The Balaban J connectivity index is 1.29. The number of amides is 2. The van der Waals surface area contributed by atoms with Gasteiger partial charge in [0.15, 0.2) is 5.84 Å². The lowest BCUT2D eigenvalue weighted by Crippen LogP contribution is -2.35. The maximum absolute atomic E-state index is 12.9. The van der Waals surface area contributed by atoms with Gasteiger partial charge in [-0.05, 0) is 79.1 Å². The Morgan fingerprint density at radius 1 is 1.08 bits per heavy atom. The molecule has 1 saturated heterocycles. The molecule has 0 unspecified atom stereocenters. The van der Waals surface area contributed by atoms with E-state index in [2.05, 4.69) is 45.0 Å². The highest BCUT2D eigenvalue weighted by molar-refractivity contribution is 8.27. The number of hydrazone groups is 1. The monoisotopic (exact) mass is 510 g/mol. The van der Waals surface area contributed by atoms with Gasteiger partial charge in [0.05, 0.1) is 12.0 Å². The number of rotatable bonds is 4. The van der Waals surface area contributed by atoms with Crippen LogP contribution in [0.25, 0.3) is 22.5 Å². The molecule has 3 aliphatic heterocycles. The van der Waals surface area contributed by atoms with Crippen LogP contribution in [0.3, 0.4) is 0 Å². The van der Waals surface area contributed by atoms with Gasteiger partial charge in [-0.25, -0.2) is 0 Å². The summed E-state index contributed by atoms with van der Waals surface area (Å²) in [6.45, 7) is 5.59. The molecule has 0 saturated carbocycles. The number of amidine groups is 2. The third-order valence-corrected chi connectivity index (χ3v) is 7.93. The van der Waals surface area contributed by atoms with Crippen molar-refractivity contribution in [2.75, 3.05) is 13.1 Å². The first-order valence-electron chi connectivity index (χ1n) is 12.3. The van der Waals surface area contributed by atoms with E-state index in [1.165, 1.54) is 22.2 Å². The molecule has 2 aromatic carbocycles. The van der Waals surface area contributed by atoms with Gasteiger partial charge in [0.25, 0.3) is 5.91 Å². The number of nitrogens with one attached hydrogen (secondary N) is 1. The Morgan fingerprint density at radius 3 is 2.62 bits per heavy atom. The maximum atomic E-state index is 12.9. The Bertz CT molecular complexity index is 1570. The van der Waals surface area contributed by atoms with Crippen molar-refractivity contribution in [3.63, 3.8) is 0 Å². The Labute approximate surface area is 218 Å². The molecule has 0 bridgehead atoms. The molecule has 37 heavy (non-hydrogen) atoms. The van der Waals surface area contributed by atoms with Crippen molar-refractivity contribution in [3.8, 4) is 5.69 Å². The summed E-state index contributed by atoms with van der Waals surface area (Å²) in [5, 5.41) is 17.8. The number of aryl methyl sites for hydroxylation is 1. The highest BCUT2D eigenvalue weighted by atomic mass is 32.2. The van der Waals surface area contributed by atoms with E-state index >= 15 is 0 Å². The van der Waals surface area contributed by atoms with Crippen molar-refractivity contribution in [2.24, 2.45) is 10.1 Å². The number of nitrogens with zero attached hydrogens (tertiary/aromatic N) is 5. The molecular weight excluding hydrogens is 484 g/mol. The summed E-state index contributed by atoms with van der Waals surface area (Å²) in [6, 6.07) is 16.6. The van der Waals surface area contributed by atoms with Gasteiger partial charge in [0.1, 0.15) is 5.04 Å². The van der Waals surface area contributed by atoms with Crippen LogP contribution in [0.5, 0.6) is 0 Å². The SMILES string of the molecule is Cc1cc(C=C2C(=N)N3N=C(CC(=O)N4CCCC4)SC3=NC2=O)c(C)n1-c1ccc2ccccc2c1. The van der Waals surface area contributed by atoms with Gasteiger partial charge in [-0.15, -0.1) is 0 Å². The molecule has 0 spiro atoms. The van der Waals surface area contributed by atoms with Crippen molar-refractivity contribution < 1.29 is 9.59 Å².